The SMILES string of the molecule is CCc1cccc2sc(=NC(=O)c3ccccc3OC)n(CC)c12. The Bertz CT molecular complexity index is 953. The van der Waals surface area contributed by atoms with Gasteiger partial charge in [-0.3, -0.25) is 4.79 Å². The van der Waals surface area contributed by atoms with Crippen molar-refractivity contribution in [3.63, 3.8) is 0 Å². The van der Waals surface area contributed by atoms with Gasteiger partial charge < -0.3 is 9.30 Å². The number of carbonyl (C=O) groups excluding carboxylic acids is 1. The Morgan fingerprint density at radius 2 is 1.96 bits per heavy atom. The van der Waals surface area contributed by atoms with E-state index in [1.807, 2.05) is 12.1 Å². The molecule has 0 spiro atoms. The van der Waals surface area contributed by atoms with Gasteiger partial charge in [0.1, 0.15) is 5.75 Å². The first-order valence-corrected chi connectivity index (χ1v) is 8.84. The third kappa shape index (κ3) is 2.87. The molecule has 24 heavy (non-hydrogen) atoms. The Morgan fingerprint density at radius 3 is 2.67 bits per heavy atom. The predicted molar refractivity (Wildman–Crippen MR) is 97.8 cm³/mol. The molecule has 0 aliphatic heterocycles. The van der Waals surface area contributed by atoms with Gasteiger partial charge in [0.05, 0.1) is 22.9 Å². The van der Waals surface area contributed by atoms with Crippen LogP contribution in [-0.2, 0) is 13.0 Å². The van der Waals surface area contributed by atoms with Gasteiger partial charge in [0.2, 0.25) is 0 Å². The molecule has 0 atom stereocenters. The van der Waals surface area contributed by atoms with Gasteiger partial charge in [-0.15, -0.1) is 0 Å². The number of para-hydroxylation sites is 2. The average molecular weight is 340 g/mol. The molecule has 4 nitrogen and oxygen atoms in total. The van der Waals surface area contributed by atoms with E-state index in [0.29, 0.717) is 11.3 Å². The van der Waals surface area contributed by atoms with E-state index in [9.17, 15) is 4.79 Å². The van der Waals surface area contributed by atoms with Gasteiger partial charge >= 0.3 is 0 Å². The molecule has 0 bridgehead atoms. The highest BCUT2D eigenvalue weighted by Gasteiger charge is 2.13. The van der Waals surface area contributed by atoms with Crippen LogP contribution in [0.15, 0.2) is 47.5 Å². The van der Waals surface area contributed by atoms with Crippen molar-refractivity contribution in [2.24, 2.45) is 4.99 Å². The number of thiazole rings is 1. The molecule has 0 aliphatic rings. The molecule has 2 aromatic carbocycles. The van der Waals surface area contributed by atoms with Crippen molar-refractivity contribution < 1.29 is 9.53 Å². The van der Waals surface area contributed by atoms with E-state index in [0.717, 1.165) is 22.5 Å². The summed E-state index contributed by atoms with van der Waals surface area (Å²) in [6, 6.07) is 13.4. The number of aromatic nitrogens is 1. The molecular formula is C19H20N2O2S. The molecule has 1 amide bonds. The maximum absolute atomic E-state index is 12.6. The molecule has 5 heteroatoms. The van der Waals surface area contributed by atoms with Gasteiger partial charge in [0, 0.05) is 6.54 Å². The number of hydrogen-bond acceptors (Lipinski definition) is 3. The van der Waals surface area contributed by atoms with Crippen LogP contribution in [0.5, 0.6) is 5.75 Å². The van der Waals surface area contributed by atoms with Crippen LogP contribution < -0.4 is 9.54 Å². The summed E-state index contributed by atoms with van der Waals surface area (Å²) in [7, 11) is 1.56. The van der Waals surface area contributed by atoms with Gasteiger partial charge in [-0.25, -0.2) is 0 Å². The Hall–Kier alpha value is -2.40. The molecule has 3 aromatic rings. The number of benzene rings is 2. The molecule has 0 saturated carbocycles. The van der Waals surface area contributed by atoms with Crippen molar-refractivity contribution in [3.8, 4) is 5.75 Å². The molecule has 0 radical (unpaired) electrons. The minimum atomic E-state index is -0.278. The molecule has 3 rings (SSSR count). The number of nitrogens with zero attached hydrogens (tertiary/aromatic N) is 2. The molecule has 0 unspecified atom stereocenters. The zero-order valence-corrected chi connectivity index (χ0v) is 14.9. The molecule has 1 aromatic heterocycles. The van der Waals surface area contributed by atoms with Gasteiger partial charge in [0.15, 0.2) is 4.80 Å². The number of methoxy groups -OCH3 is 1. The summed E-state index contributed by atoms with van der Waals surface area (Å²) in [6.07, 6.45) is 0.952. The quantitative estimate of drug-likeness (QED) is 0.719. The normalized spacial score (nSPS) is 11.9. The summed E-state index contributed by atoms with van der Waals surface area (Å²) in [5.41, 5.74) is 2.94. The fraction of sp³-hybridized carbons (Fsp3) is 0.263. The van der Waals surface area contributed by atoms with Crippen LogP contribution in [-0.4, -0.2) is 17.6 Å². The fourth-order valence-electron chi connectivity index (χ4n) is 2.84. The summed E-state index contributed by atoms with van der Waals surface area (Å²) < 4.78 is 8.54. The second-order valence-corrected chi connectivity index (χ2v) is 6.37. The topological polar surface area (TPSA) is 43.6 Å². The number of aryl methyl sites for hydroxylation is 2. The van der Waals surface area contributed by atoms with Crippen LogP contribution >= 0.6 is 11.3 Å². The maximum Gasteiger partial charge on any atom is 0.283 e. The first-order valence-electron chi connectivity index (χ1n) is 8.02. The molecule has 0 aliphatic carbocycles. The van der Waals surface area contributed by atoms with Crippen molar-refractivity contribution in [1.29, 1.82) is 0 Å². The van der Waals surface area contributed by atoms with E-state index < -0.39 is 0 Å². The number of amides is 1. The van der Waals surface area contributed by atoms with E-state index >= 15 is 0 Å². The van der Waals surface area contributed by atoms with E-state index in [1.54, 1.807) is 30.6 Å². The summed E-state index contributed by atoms with van der Waals surface area (Å²) in [6.45, 7) is 4.99. The number of carbonyl (C=O) groups is 1. The van der Waals surface area contributed by atoms with E-state index in [2.05, 4.69) is 41.6 Å². The number of ether oxygens (including phenoxy) is 1. The van der Waals surface area contributed by atoms with Gasteiger partial charge in [-0.1, -0.05) is 42.5 Å². The van der Waals surface area contributed by atoms with Gasteiger partial charge in [0.25, 0.3) is 5.91 Å². The lowest BCUT2D eigenvalue weighted by Crippen LogP contribution is -2.16. The Morgan fingerprint density at radius 1 is 1.17 bits per heavy atom. The van der Waals surface area contributed by atoms with E-state index in [4.69, 9.17) is 4.74 Å². The molecular weight excluding hydrogens is 320 g/mol. The summed E-state index contributed by atoms with van der Waals surface area (Å²) in [5, 5.41) is 0. The largest absolute Gasteiger partial charge is 0.496 e. The monoisotopic (exact) mass is 340 g/mol. The maximum atomic E-state index is 12.6. The Labute approximate surface area is 145 Å². The smallest absolute Gasteiger partial charge is 0.283 e. The molecule has 124 valence electrons. The predicted octanol–water partition coefficient (Wildman–Crippen LogP) is 4.03. The Kier molecular flexibility index (Phi) is 4.81. The van der Waals surface area contributed by atoms with Crippen molar-refractivity contribution in [2.45, 2.75) is 26.8 Å². The highest BCUT2D eigenvalue weighted by molar-refractivity contribution is 7.16. The van der Waals surface area contributed by atoms with Crippen LogP contribution in [0.1, 0.15) is 29.8 Å². The van der Waals surface area contributed by atoms with Crippen LogP contribution in [0, 0.1) is 0 Å². The third-order valence-electron chi connectivity index (χ3n) is 4.02. The molecule has 0 N–H and O–H groups in total. The molecule has 0 fully saturated rings. The van der Waals surface area contributed by atoms with Crippen LogP contribution in [0.3, 0.4) is 0 Å². The summed E-state index contributed by atoms with van der Waals surface area (Å²) in [4.78, 5) is 17.7. The zero-order valence-electron chi connectivity index (χ0n) is 14.1. The van der Waals surface area contributed by atoms with E-state index in [1.165, 1.54) is 11.1 Å². The Balaban J connectivity index is 2.18. The van der Waals surface area contributed by atoms with E-state index in [-0.39, 0.29) is 5.91 Å². The molecule has 0 saturated heterocycles. The second-order valence-electron chi connectivity index (χ2n) is 5.36. The average Bonchev–Trinajstić information content (AvgIpc) is 2.98. The second kappa shape index (κ2) is 7.01. The highest BCUT2D eigenvalue weighted by atomic mass is 32.1. The van der Waals surface area contributed by atoms with Gasteiger partial charge in [-0.05, 0) is 37.1 Å². The minimum Gasteiger partial charge on any atom is -0.496 e. The van der Waals surface area contributed by atoms with Crippen LogP contribution in [0.2, 0.25) is 0 Å². The summed E-state index contributed by atoms with van der Waals surface area (Å²) >= 11 is 1.55. The van der Waals surface area contributed by atoms with Gasteiger partial charge in [-0.2, -0.15) is 4.99 Å². The highest BCUT2D eigenvalue weighted by Crippen LogP contribution is 2.23. The van der Waals surface area contributed by atoms with Crippen molar-refractivity contribution >= 4 is 27.5 Å². The van der Waals surface area contributed by atoms with Crippen molar-refractivity contribution in [2.75, 3.05) is 7.11 Å². The number of fused-ring (bicyclic) bond motifs is 1. The lowest BCUT2D eigenvalue weighted by molar-refractivity contribution is 0.0995. The lowest BCUT2D eigenvalue weighted by atomic mass is 10.1. The third-order valence-corrected chi connectivity index (χ3v) is 5.06. The molecule has 1 heterocycles. The minimum absolute atomic E-state index is 0.278. The fourth-order valence-corrected chi connectivity index (χ4v) is 3.98. The lowest BCUT2D eigenvalue weighted by Gasteiger charge is -2.06. The van der Waals surface area contributed by atoms with Crippen molar-refractivity contribution in [1.82, 2.24) is 4.57 Å². The van der Waals surface area contributed by atoms with Crippen molar-refractivity contribution in [3.05, 3.63) is 58.4 Å². The number of rotatable bonds is 4. The standard InChI is InChI=1S/C19H20N2O2S/c1-4-13-9-8-12-16-17(13)21(5-2)19(24-16)20-18(22)14-10-6-7-11-15(14)23-3/h6-12H,4-5H2,1-3H3. The van der Waals surface area contributed by atoms with Crippen LogP contribution in [0.25, 0.3) is 10.2 Å². The first-order chi connectivity index (χ1) is 11.7. The van der Waals surface area contributed by atoms with Crippen LogP contribution in [0.4, 0.5) is 0 Å². The number of hydrogen-bond donors (Lipinski definition) is 0. The zero-order chi connectivity index (χ0) is 17.1. The summed E-state index contributed by atoms with van der Waals surface area (Å²) in [5.74, 6) is 0.268. The first kappa shape index (κ1) is 16.5.